The molecule has 2 fully saturated rings. The average molecular weight is 425 g/mol. The van der Waals surface area contributed by atoms with Crippen LogP contribution >= 0.6 is 11.3 Å². The van der Waals surface area contributed by atoms with Gasteiger partial charge >= 0.3 is 0 Å². The molecule has 3 aliphatic rings. The fraction of sp³-hybridized carbons (Fsp3) is 0.500. The molecule has 30 heavy (non-hydrogen) atoms. The zero-order valence-corrected chi connectivity index (χ0v) is 18.0. The number of amides is 2. The van der Waals surface area contributed by atoms with E-state index in [0.717, 1.165) is 56.4 Å². The van der Waals surface area contributed by atoms with Crippen molar-refractivity contribution >= 4 is 28.8 Å². The minimum atomic E-state index is -0.448. The van der Waals surface area contributed by atoms with Gasteiger partial charge in [-0.25, -0.2) is 0 Å². The van der Waals surface area contributed by atoms with Crippen LogP contribution in [0.15, 0.2) is 35.7 Å². The first-order chi connectivity index (χ1) is 14.7. The number of carbonyl (C=O) groups excluding carboxylic acids is 2. The summed E-state index contributed by atoms with van der Waals surface area (Å²) in [7, 11) is 0. The number of anilines is 1. The molecule has 1 atom stereocenters. The summed E-state index contributed by atoms with van der Waals surface area (Å²) in [5.74, 6) is 0.688. The van der Waals surface area contributed by atoms with E-state index in [0.29, 0.717) is 23.6 Å². The van der Waals surface area contributed by atoms with Crippen molar-refractivity contribution < 1.29 is 14.3 Å². The second-order valence-corrected chi connectivity index (χ2v) is 9.66. The average Bonchev–Trinajstić information content (AvgIpc) is 3.46. The molecule has 3 heterocycles. The van der Waals surface area contributed by atoms with Crippen LogP contribution in [0.25, 0.3) is 0 Å². The molecule has 2 aromatic rings. The van der Waals surface area contributed by atoms with Crippen LogP contribution in [0.1, 0.15) is 66.6 Å². The van der Waals surface area contributed by atoms with Crippen molar-refractivity contribution in [3.63, 3.8) is 0 Å². The summed E-state index contributed by atoms with van der Waals surface area (Å²) in [5.41, 5.74) is 0.792. The number of nitrogens with zero attached hydrogens (tertiary/aromatic N) is 1. The van der Waals surface area contributed by atoms with Crippen LogP contribution in [-0.2, 0) is 10.2 Å². The SMILES string of the molecule is O=C1c2cc(NC(=O)C3(c4cccs4)CCCC3)ccc2OCC[C@H]2CCCCN12. The molecule has 1 aliphatic carbocycles. The Hall–Kier alpha value is -2.34. The summed E-state index contributed by atoms with van der Waals surface area (Å²) >= 11 is 1.66. The first-order valence-electron chi connectivity index (χ1n) is 11.1. The maximum Gasteiger partial charge on any atom is 0.257 e. The molecule has 1 aromatic carbocycles. The van der Waals surface area contributed by atoms with Gasteiger partial charge in [-0.3, -0.25) is 9.59 Å². The van der Waals surface area contributed by atoms with Gasteiger partial charge in [-0.05, 0) is 61.7 Å². The largest absolute Gasteiger partial charge is 0.493 e. The number of piperidine rings is 1. The highest BCUT2D eigenvalue weighted by Crippen LogP contribution is 2.44. The summed E-state index contributed by atoms with van der Waals surface area (Å²) in [6.45, 7) is 1.43. The van der Waals surface area contributed by atoms with Gasteiger partial charge in [0, 0.05) is 29.6 Å². The molecule has 2 aliphatic heterocycles. The topological polar surface area (TPSA) is 58.6 Å². The van der Waals surface area contributed by atoms with Gasteiger partial charge in [0.05, 0.1) is 17.6 Å². The van der Waals surface area contributed by atoms with E-state index in [1.54, 1.807) is 11.3 Å². The van der Waals surface area contributed by atoms with E-state index in [4.69, 9.17) is 4.74 Å². The third kappa shape index (κ3) is 3.41. The number of carbonyl (C=O) groups is 2. The molecule has 0 bridgehead atoms. The predicted molar refractivity (Wildman–Crippen MR) is 118 cm³/mol. The smallest absolute Gasteiger partial charge is 0.257 e. The van der Waals surface area contributed by atoms with E-state index in [-0.39, 0.29) is 17.9 Å². The maximum atomic E-state index is 13.4. The summed E-state index contributed by atoms with van der Waals surface area (Å²) in [4.78, 5) is 29.9. The normalized spacial score (nSPS) is 23.0. The minimum Gasteiger partial charge on any atom is -0.493 e. The molecule has 0 unspecified atom stereocenters. The fourth-order valence-electron chi connectivity index (χ4n) is 5.29. The van der Waals surface area contributed by atoms with Crippen LogP contribution in [0.5, 0.6) is 5.75 Å². The number of hydrogen-bond acceptors (Lipinski definition) is 4. The minimum absolute atomic E-state index is 0.0272. The first-order valence-corrected chi connectivity index (χ1v) is 12.0. The number of rotatable bonds is 3. The number of hydrogen-bond donors (Lipinski definition) is 1. The second-order valence-electron chi connectivity index (χ2n) is 8.72. The Labute approximate surface area is 181 Å². The van der Waals surface area contributed by atoms with Gasteiger partial charge in [0.25, 0.3) is 5.91 Å². The molecular formula is C24H28N2O3S. The molecular weight excluding hydrogens is 396 g/mol. The van der Waals surface area contributed by atoms with Gasteiger partial charge in [0.1, 0.15) is 5.75 Å². The second kappa shape index (κ2) is 8.06. The highest BCUT2D eigenvalue weighted by Gasteiger charge is 2.43. The number of fused-ring (bicyclic) bond motifs is 2. The van der Waals surface area contributed by atoms with Crippen molar-refractivity contribution in [2.24, 2.45) is 0 Å². The summed E-state index contributed by atoms with van der Waals surface area (Å²) in [6, 6.07) is 9.85. The lowest BCUT2D eigenvalue weighted by Crippen LogP contribution is -2.45. The number of thiophene rings is 1. The van der Waals surface area contributed by atoms with Gasteiger partial charge in [-0.2, -0.15) is 0 Å². The van der Waals surface area contributed by atoms with E-state index in [1.165, 1.54) is 6.42 Å². The molecule has 158 valence electrons. The standard InChI is InChI=1S/C24H28N2O3S/c27-22-19-16-17(8-9-20(19)29-14-10-18-6-1-4-13-26(18)22)25-23(28)24(11-2-3-12-24)21-7-5-15-30-21/h5,7-9,15-16,18H,1-4,6,10-14H2,(H,25,28)/t18-/m1/s1. The Kier molecular flexibility index (Phi) is 5.27. The summed E-state index contributed by atoms with van der Waals surface area (Å²) in [6.07, 6.45) is 8.04. The van der Waals surface area contributed by atoms with E-state index in [9.17, 15) is 9.59 Å². The van der Waals surface area contributed by atoms with Crippen molar-refractivity contribution in [3.8, 4) is 5.75 Å². The molecule has 6 heteroatoms. The Morgan fingerprint density at radius 2 is 2.00 bits per heavy atom. The molecule has 0 spiro atoms. The van der Waals surface area contributed by atoms with Crippen molar-refractivity contribution in [2.45, 2.75) is 62.8 Å². The molecule has 0 radical (unpaired) electrons. The lowest BCUT2D eigenvalue weighted by molar-refractivity contribution is -0.121. The molecule has 2 amide bonds. The Bertz CT molecular complexity index is 934. The van der Waals surface area contributed by atoms with Gasteiger partial charge in [0.2, 0.25) is 5.91 Å². The van der Waals surface area contributed by atoms with Crippen LogP contribution < -0.4 is 10.1 Å². The highest BCUT2D eigenvalue weighted by atomic mass is 32.1. The molecule has 1 saturated heterocycles. The molecule has 1 aromatic heterocycles. The third-order valence-electron chi connectivity index (χ3n) is 6.95. The summed E-state index contributed by atoms with van der Waals surface area (Å²) < 4.78 is 5.93. The number of nitrogens with one attached hydrogen (secondary N) is 1. The monoisotopic (exact) mass is 424 g/mol. The Morgan fingerprint density at radius 1 is 1.13 bits per heavy atom. The molecule has 1 N–H and O–H groups in total. The van der Waals surface area contributed by atoms with Gasteiger partial charge < -0.3 is 15.0 Å². The first kappa shape index (κ1) is 19.6. The van der Waals surface area contributed by atoms with Crippen molar-refractivity contribution in [2.75, 3.05) is 18.5 Å². The quantitative estimate of drug-likeness (QED) is 0.756. The van der Waals surface area contributed by atoms with Crippen molar-refractivity contribution in [3.05, 3.63) is 46.2 Å². The van der Waals surface area contributed by atoms with E-state index in [1.807, 2.05) is 34.5 Å². The maximum absolute atomic E-state index is 13.4. The van der Waals surface area contributed by atoms with Gasteiger partial charge in [-0.15, -0.1) is 11.3 Å². The molecule has 1 saturated carbocycles. The number of benzene rings is 1. The Morgan fingerprint density at radius 3 is 2.80 bits per heavy atom. The third-order valence-corrected chi connectivity index (χ3v) is 8.02. The van der Waals surface area contributed by atoms with Crippen molar-refractivity contribution in [1.29, 1.82) is 0 Å². The predicted octanol–water partition coefficient (Wildman–Crippen LogP) is 4.98. The lowest BCUT2D eigenvalue weighted by atomic mass is 9.83. The van der Waals surface area contributed by atoms with Crippen molar-refractivity contribution in [1.82, 2.24) is 4.90 Å². The zero-order chi connectivity index (χ0) is 20.6. The van der Waals surface area contributed by atoms with Gasteiger partial charge in [-0.1, -0.05) is 18.9 Å². The lowest BCUT2D eigenvalue weighted by Gasteiger charge is -2.37. The fourth-order valence-corrected chi connectivity index (χ4v) is 6.28. The molecule has 5 rings (SSSR count). The Balaban J connectivity index is 1.42. The summed E-state index contributed by atoms with van der Waals surface area (Å²) in [5, 5.41) is 5.17. The zero-order valence-electron chi connectivity index (χ0n) is 17.2. The number of ether oxygens (including phenoxy) is 1. The molecule has 5 nitrogen and oxygen atoms in total. The van der Waals surface area contributed by atoms with Crippen LogP contribution in [-0.4, -0.2) is 35.9 Å². The van der Waals surface area contributed by atoms with E-state index < -0.39 is 5.41 Å². The van der Waals surface area contributed by atoms with Crippen LogP contribution in [0.3, 0.4) is 0 Å². The van der Waals surface area contributed by atoms with E-state index in [2.05, 4.69) is 11.4 Å². The van der Waals surface area contributed by atoms with Crippen LogP contribution in [0, 0.1) is 0 Å². The highest BCUT2D eigenvalue weighted by molar-refractivity contribution is 7.10. The van der Waals surface area contributed by atoms with Crippen LogP contribution in [0.4, 0.5) is 5.69 Å². The van der Waals surface area contributed by atoms with Crippen LogP contribution in [0.2, 0.25) is 0 Å². The van der Waals surface area contributed by atoms with Gasteiger partial charge in [0.15, 0.2) is 0 Å². The van der Waals surface area contributed by atoms with E-state index >= 15 is 0 Å².